The summed E-state index contributed by atoms with van der Waals surface area (Å²) >= 11 is 0. The topological polar surface area (TPSA) is 89.9 Å². The molecule has 0 aromatic heterocycles. The van der Waals surface area contributed by atoms with Gasteiger partial charge in [-0.15, -0.1) is 0 Å². The van der Waals surface area contributed by atoms with Crippen molar-refractivity contribution in [3.8, 4) is 0 Å². The van der Waals surface area contributed by atoms with Gasteiger partial charge in [0.1, 0.15) is 12.1 Å². The Morgan fingerprint density at radius 1 is 1.20 bits per heavy atom. The average molecular weight is 286 g/mol. The van der Waals surface area contributed by atoms with Crippen LogP contribution in [0.4, 0.5) is 0 Å². The van der Waals surface area contributed by atoms with Gasteiger partial charge in [0.25, 0.3) is 0 Å². The summed E-state index contributed by atoms with van der Waals surface area (Å²) < 4.78 is 0. The molecule has 3 atom stereocenters. The molecule has 1 unspecified atom stereocenters. The molecule has 1 rings (SSSR count). The predicted octanol–water partition coefficient (Wildman–Crippen LogP) is 0.0255. The molecule has 3 N–H and O–H groups in total. The quantitative estimate of drug-likeness (QED) is 0.576. The second kappa shape index (κ2) is 8.21. The van der Waals surface area contributed by atoms with Crippen molar-refractivity contribution >= 4 is 11.8 Å². The molecule has 0 bridgehead atoms. The van der Waals surface area contributed by atoms with Gasteiger partial charge >= 0.3 is 0 Å². The fourth-order valence-corrected chi connectivity index (χ4v) is 2.42. The van der Waals surface area contributed by atoms with E-state index in [1.807, 2.05) is 6.92 Å². The first-order chi connectivity index (χ1) is 9.52. The molecule has 1 saturated heterocycles. The van der Waals surface area contributed by atoms with Gasteiger partial charge in [0.2, 0.25) is 11.8 Å². The van der Waals surface area contributed by atoms with E-state index in [1.54, 1.807) is 0 Å². The van der Waals surface area contributed by atoms with Crippen LogP contribution in [0, 0.1) is 0 Å². The summed E-state index contributed by atoms with van der Waals surface area (Å²) in [6, 6.07) is -0.967. The monoisotopic (exact) mass is 286 g/mol. The number of aliphatic hydroxyl groups is 2. The molecule has 1 aliphatic heterocycles. The maximum Gasteiger partial charge on any atom is 0.245 e. The fraction of sp³-hybridized carbons (Fsp3) is 0.857. The molecular weight excluding hydrogens is 260 g/mol. The van der Waals surface area contributed by atoms with Crippen molar-refractivity contribution < 1.29 is 19.8 Å². The molecule has 0 saturated carbocycles. The number of likely N-dealkylation sites (tertiary alicyclic amines) is 1. The summed E-state index contributed by atoms with van der Waals surface area (Å²) in [6.07, 6.45) is 1.68. The van der Waals surface area contributed by atoms with Gasteiger partial charge in [-0.3, -0.25) is 9.59 Å². The Morgan fingerprint density at radius 3 is 2.50 bits per heavy atom. The van der Waals surface area contributed by atoms with Crippen molar-refractivity contribution in [2.24, 2.45) is 0 Å². The number of β-amino-alcohol motifs (C(OH)–C–C–N with tert-alkyl or cyclic N) is 1. The van der Waals surface area contributed by atoms with Crippen LogP contribution in [0.5, 0.6) is 0 Å². The minimum atomic E-state index is -1.21. The number of amides is 2. The zero-order valence-electron chi connectivity index (χ0n) is 12.3. The molecule has 0 radical (unpaired) electrons. The molecular formula is C14H26N2O4. The second-order valence-corrected chi connectivity index (χ2v) is 5.30. The fourth-order valence-electron chi connectivity index (χ4n) is 2.42. The van der Waals surface area contributed by atoms with Crippen LogP contribution in [0.25, 0.3) is 0 Å². The molecule has 1 fully saturated rings. The molecule has 0 aliphatic carbocycles. The van der Waals surface area contributed by atoms with Crippen LogP contribution in [0.2, 0.25) is 0 Å². The summed E-state index contributed by atoms with van der Waals surface area (Å²) in [5.74, 6) is -0.577. The number of hydrogen-bond acceptors (Lipinski definition) is 4. The summed E-state index contributed by atoms with van der Waals surface area (Å²) in [6.45, 7) is 4.50. The van der Waals surface area contributed by atoms with Crippen LogP contribution in [-0.4, -0.2) is 58.3 Å². The van der Waals surface area contributed by atoms with Crippen LogP contribution in [0.1, 0.15) is 46.0 Å². The van der Waals surface area contributed by atoms with E-state index < -0.39 is 18.2 Å². The van der Waals surface area contributed by atoms with Crippen molar-refractivity contribution in [3.05, 3.63) is 0 Å². The van der Waals surface area contributed by atoms with Gasteiger partial charge in [0.15, 0.2) is 0 Å². The molecule has 20 heavy (non-hydrogen) atoms. The first-order valence-corrected chi connectivity index (χ1v) is 7.46. The Morgan fingerprint density at radius 2 is 1.90 bits per heavy atom. The van der Waals surface area contributed by atoms with Gasteiger partial charge in [0, 0.05) is 13.0 Å². The van der Waals surface area contributed by atoms with Crippen LogP contribution in [0.3, 0.4) is 0 Å². The van der Waals surface area contributed by atoms with E-state index in [1.165, 1.54) is 4.90 Å². The number of carbonyl (C=O) groups is 2. The Balaban J connectivity index is 2.61. The van der Waals surface area contributed by atoms with E-state index in [2.05, 4.69) is 12.2 Å². The summed E-state index contributed by atoms with van der Waals surface area (Å²) in [7, 11) is 0. The molecule has 2 amide bonds. The van der Waals surface area contributed by atoms with Gasteiger partial charge in [-0.05, 0) is 12.8 Å². The van der Waals surface area contributed by atoms with Crippen molar-refractivity contribution in [2.45, 2.75) is 64.2 Å². The van der Waals surface area contributed by atoms with Crippen LogP contribution < -0.4 is 5.32 Å². The van der Waals surface area contributed by atoms with E-state index >= 15 is 0 Å². The normalized spacial score (nSPS) is 25.8. The highest BCUT2D eigenvalue weighted by Crippen LogP contribution is 2.20. The largest absolute Gasteiger partial charge is 0.388 e. The number of carbonyl (C=O) groups excluding carboxylic acids is 2. The minimum Gasteiger partial charge on any atom is -0.388 e. The summed E-state index contributed by atoms with van der Waals surface area (Å²) in [5, 5.41) is 22.3. The Labute approximate surface area is 120 Å². The zero-order chi connectivity index (χ0) is 15.1. The highest BCUT2D eigenvalue weighted by molar-refractivity contribution is 5.89. The summed E-state index contributed by atoms with van der Waals surface area (Å²) in [4.78, 5) is 25.4. The molecule has 6 nitrogen and oxygen atoms in total. The molecule has 0 aromatic rings. The van der Waals surface area contributed by atoms with Crippen molar-refractivity contribution in [3.63, 3.8) is 0 Å². The third-order valence-corrected chi connectivity index (χ3v) is 3.57. The highest BCUT2D eigenvalue weighted by Gasteiger charge is 2.45. The second-order valence-electron chi connectivity index (χ2n) is 5.30. The van der Waals surface area contributed by atoms with Crippen LogP contribution >= 0.6 is 0 Å². The smallest absolute Gasteiger partial charge is 0.245 e. The Bertz CT molecular complexity index is 335. The Hall–Kier alpha value is -1.14. The lowest BCUT2D eigenvalue weighted by molar-refractivity contribution is -0.140. The number of nitrogens with one attached hydrogen (secondary N) is 1. The lowest BCUT2D eigenvalue weighted by atomic mass is 10.1. The number of nitrogens with zero attached hydrogens (tertiary/aromatic N) is 1. The zero-order valence-corrected chi connectivity index (χ0v) is 12.3. The van der Waals surface area contributed by atoms with Crippen molar-refractivity contribution in [2.75, 3.05) is 13.1 Å². The van der Waals surface area contributed by atoms with Gasteiger partial charge in [0.05, 0.1) is 12.6 Å². The molecule has 116 valence electrons. The molecule has 1 heterocycles. The van der Waals surface area contributed by atoms with E-state index in [0.29, 0.717) is 19.4 Å². The van der Waals surface area contributed by atoms with Gasteiger partial charge in [-0.25, -0.2) is 0 Å². The van der Waals surface area contributed by atoms with E-state index in [4.69, 9.17) is 0 Å². The number of aliphatic hydroxyl groups excluding tert-OH is 2. The summed E-state index contributed by atoms with van der Waals surface area (Å²) in [5.41, 5.74) is 0. The maximum absolute atomic E-state index is 12.1. The number of unbranched alkanes of at least 4 members (excludes halogenated alkanes) is 2. The van der Waals surface area contributed by atoms with Crippen molar-refractivity contribution in [1.29, 1.82) is 0 Å². The SMILES string of the molecule is CCCCCNC(=O)C1[C@H](O)[C@@H](O)CN1C(=O)CCC. The first-order valence-electron chi connectivity index (χ1n) is 7.46. The maximum atomic E-state index is 12.1. The van der Waals surface area contributed by atoms with Crippen LogP contribution in [0.15, 0.2) is 0 Å². The van der Waals surface area contributed by atoms with E-state index in [-0.39, 0.29) is 18.4 Å². The van der Waals surface area contributed by atoms with E-state index in [0.717, 1.165) is 19.3 Å². The van der Waals surface area contributed by atoms with Gasteiger partial charge in [-0.1, -0.05) is 26.7 Å². The van der Waals surface area contributed by atoms with Gasteiger partial charge in [-0.2, -0.15) is 0 Å². The predicted molar refractivity (Wildman–Crippen MR) is 75.0 cm³/mol. The highest BCUT2D eigenvalue weighted by atomic mass is 16.3. The minimum absolute atomic E-state index is 0.0209. The average Bonchev–Trinajstić information content (AvgIpc) is 2.71. The van der Waals surface area contributed by atoms with Gasteiger partial charge < -0.3 is 20.4 Å². The Kier molecular flexibility index (Phi) is 6.95. The lowest BCUT2D eigenvalue weighted by Crippen LogP contribution is -2.50. The van der Waals surface area contributed by atoms with Crippen molar-refractivity contribution in [1.82, 2.24) is 10.2 Å². The molecule has 0 spiro atoms. The molecule has 6 heteroatoms. The molecule has 1 aliphatic rings. The molecule has 0 aromatic carbocycles. The third kappa shape index (κ3) is 4.18. The number of rotatable bonds is 7. The number of hydrogen-bond donors (Lipinski definition) is 3. The first kappa shape index (κ1) is 16.9. The third-order valence-electron chi connectivity index (χ3n) is 3.57. The lowest BCUT2D eigenvalue weighted by Gasteiger charge is -2.25. The van der Waals surface area contributed by atoms with E-state index in [9.17, 15) is 19.8 Å². The van der Waals surface area contributed by atoms with Crippen LogP contribution in [-0.2, 0) is 9.59 Å². The standard InChI is InChI=1S/C14H26N2O4/c1-3-5-6-8-15-14(20)12-13(19)10(17)9-16(12)11(18)7-4-2/h10,12-13,17,19H,3-9H2,1-2H3,(H,15,20)/t10-,12?,13+/m0/s1.